The minimum atomic E-state index is -3.46. The first-order valence-electron chi connectivity index (χ1n) is 11.2. The van der Waals surface area contributed by atoms with Gasteiger partial charge in [-0.25, -0.2) is 8.42 Å². The molecule has 1 aliphatic heterocycles. The Labute approximate surface area is 181 Å². The molecule has 3 unspecified atom stereocenters. The zero-order valence-corrected chi connectivity index (χ0v) is 19.1. The van der Waals surface area contributed by atoms with Crippen molar-refractivity contribution < 1.29 is 13.2 Å². The molecule has 0 radical (unpaired) electrons. The fourth-order valence-corrected chi connectivity index (χ4v) is 7.12. The molecule has 30 heavy (non-hydrogen) atoms. The van der Waals surface area contributed by atoms with E-state index in [0.29, 0.717) is 31.8 Å². The first-order chi connectivity index (χ1) is 14.1. The molecule has 6 heteroatoms. The number of hydrogen-bond donors (Lipinski definition) is 1. The van der Waals surface area contributed by atoms with E-state index in [9.17, 15) is 13.2 Å². The average molecular weight is 431 g/mol. The number of fused-ring (bicyclic) bond motifs is 2. The maximum atomic E-state index is 13.0. The van der Waals surface area contributed by atoms with E-state index in [1.165, 1.54) is 22.6 Å². The van der Waals surface area contributed by atoms with Crippen molar-refractivity contribution in [2.45, 2.75) is 58.9 Å². The molecule has 1 heterocycles. The van der Waals surface area contributed by atoms with Crippen molar-refractivity contribution in [2.24, 2.45) is 22.7 Å². The number of nitrogens with one attached hydrogen (secondary N) is 1. The molecule has 2 saturated carbocycles. The molecular weight excluding hydrogens is 396 g/mol. The van der Waals surface area contributed by atoms with E-state index >= 15 is 0 Å². The molecule has 2 bridgehead atoms. The second kappa shape index (κ2) is 7.79. The van der Waals surface area contributed by atoms with E-state index in [1.807, 2.05) is 30.3 Å². The van der Waals surface area contributed by atoms with Gasteiger partial charge in [0.2, 0.25) is 15.9 Å². The summed E-state index contributed by atoms with van der Waals surface area (Å²) >= 11 is 0. The Balaban J connectivity index is 1.32. The molecule has 164 valence electrons. The lowest BCUT2D eigenvalue weighted by Gasteiger charge is -2.40. The van der Waals surface area contributed by atoms with Crippen LogP contribution in [0.5, 0.6) is 0 Å². The standard InChI is InChI=1S/C24H34N2O3S/c1-23(2)20-9-13-24(23,3)21(17-20)25-22(27)19-10-14-26(15-11-19)30(28,29)16-12-18-7-5-4-6-8-18/h4-8,12,16,19-21H,9-11,13-15,17H2,1-3H3,(H,25,27)/b16-12+. The van der Waals surface area contributed by atoms with Crippen LogP contribution in [-0.4, -0.2) is 37.8 Å². The van der Waals surface area contributed by atoms with Crippen LogP contribution in [0.4, 0.5) is 0 Å². The van der Waals surface area contributed by atoms with Crippen LogP contribution < -0.4 is 5.32 Å². The van der Waals surface area contributed by atoms with Gasteiger partial charge < -0.3 is 5.32 Å². The number of piperidine rings is 1. The van der Waals surface area contributed by atoms with E-state index < -0.39 is 10.0 Å². The summed E-state index contributed by atoms with van der Waals surface area (Å²) in [4.78, 5) is 13.0. The van der Waals surface area contributed by atoms with Gasteiger partial charge in [-0.1, -0.05) is 51.1 Å². The molecular formula is C24H34N2O3S. The van der Waals surface area contributed by atoms with Gasteiger partial charge in [0.15, 0.2) is 0 Å². The summed E-state index contributed by atoms with van der Waals surface area (Å²) in [6.45, 7) is 7.83. The molecule has 1 N–H and O–H groups in total. The minimum absolute atomic E-state index is 0.0969. The van der Waals surface area contributed by atoms with Gasteiger partial charge in [0.1, 0.15) is 0 Å². The number of nitrogens with zero attached hydrogens (tertiary/aromatic N) is 1. The quantitative estimate of drug-likeness (QED) is 0.767. The number of carbonyl (C=O) groups excluding carboxylic acids is 1. The van der Waals surface area contributed by atoms with Crippen molar-refractivity contribution in [3.63, 3.8) is 0 Å². The molecule has 3 fully saturated rings. The Bertz CT molecular complexity index is 917. The Hall–Kier alpha value is -1.66. The van der Waals surface area contributed by atoms with Crippen molar-refractivity contribution >= 4 is 22.0 Å². The first kappa shape index (κ1) is 21.6. The fourth-order valence-electron chi connectivity index (χ4n) is 5.90. The van der Waals surface area contributed by atoms with Crippen molar-refractivity contribution in [3.8, 4) is 0 Å². The molecule has 1 saturated heterocycles. The van der Waals surface area contributed by atoms with Crippen LogP contribution in [0, 0.1) is 22.7 Å². The molecule has 2 aliphatic carbocycles. The zero-order valence-electron chi connectivity index (χ0n) is 18.3. The summed E-state index contributed by atoms with van der Waals surface area (Å²) in [7, 11) is -3.46. The molecule has 0 aromatic heterocycles. The van der Waals surface area contributed by atoms with Crippen molar-refractivity contribution in [2.75, 3.05) is 13.1 Å². The Kier molecular flexibility index (Phi) is 5.60. The van der Waals surface area contributed by atoms with Gasteiger partial charge in [0.25, 0.3) is 0 Å². The Morgan fingerprint density at radius 3 is 2.33 bits per heavy atom. The summed E-state index contributed by atoms with van der Waals surface area (Å²) in [6, 6.07) is 9.66. The lowest BCUT2D eigenvalue weighted by molar-refractivity contribution is -0.127. The Morgan fingerprint density at radius 1 is 1.10 bits per heavy atom. The highest BCUT2D eigenvalue weighted by molar-refractivity contribution is 7.92. The van der Waals surface area contributed by atoms with Crippen LogP contribution in [0.1, 0.15) is 58.4 Å². The second-order valence-corrected chi connectivity index (χ2v) is 11.9. The van der Waals surface area contributed by atoms with Crippen molar-refractivity contribution in [3.05, 3.63) is 41.3 Å². The molecule has 1 amide bonds. The van der Waals surface area contributed by atoms with Gasteiger partial charge in [-0.15, -0.1) is 0 Å². The molecule has 4 rings (SSSR count). The topological polar surface area (TPSA) is 66.5 Å². The summed E-state index contributed by atoms with van der Waals surface area (Å²) < 4.78 is 26.8. The molecule has 5 nitrogen and oxygen atoms in total. The van der Waals surface area contributed by atoms with Crippen molar-refractivity contribution in [1.29, 1.82) is 0 Å². The number of carbonyl (C=O) groups is 1. The largest absolute Gasteiger partial charge is 0.353 e. The molecule has 3 atom stereocenters. The van der Waals surface area contributed by atoms with E-state index in [4.69, 9.17) is 0 Å². The van der Waals surface area contributed by atoms with Gasteiger partial charge >= 0.3 is 0 Å². The summed E-state index contributed by atoms with van der Waals surface area (Å²) in [5, 5.41) is 4.63. The average Bonchev–Trinajstić information content (AvgIpc) is 3.07. The number of hydrogen-bond acceptors (Lipinski definition) is 3. The number of sulfonamides is 1. The fraction of sp³-hybridized carbons (Fsp3) is 0.625. The van der Waals surface area contributed by atoms with Crippen LogP contribution in [0.2, 0.25) is 0 Å². The van der Waals surface area contributed by atoms with E-state index in [2.05, 4.69) is 26.1 Å². The lowest BCUT2D eigenvalue weighted by atomic mass is 9.69. The Morgan fingerprint density at radius 2 is 1.77 bits per heavy atom. The third-order valence-corrected chi connectivity index (χ3v) is 10.1. The SMILES string of the molecule is CC1(C)C2CCC1(C)C(NC(=O)C1CCN(S(=O)(=O)/C=C/c3ccccc3)CC1)C2. The maximum Gasteiger partial charge on any atom is 0.236 e. The van der Waals surface area contributed by atoms with Crippen LogP contribution in [0.25, 0.3) is 6.08 Å². The van der Waals surface area contributed by atoms with Gasteiger partial charge in [-0.3, -0.25) is 4.79 Å². The molecule has 1 aromatic carbocycles. The van der Waals surface area contributed by atoms with Crippen molar-refractivity contribution in [1.82, 2.24) is 9.62 Å². The first-order valence-corrected chi connectivity index (χ1v) is 12.7. The highest BCUT2D eigenvalue weighted by Crippen LogP contribution is 2.65. The van der Waals surface area contributed by atoms with Crippen LogP contribution in [0.3, 0.4) is 0 Å². The van der Waals surface area contributed by atoms with Crippen LogP contribution in [0.15, 0.2) is 35.7 Å². The smallest absolute Gasteiger partial charge is 0.236 e. The van der Waals surface area contributed by atoms with Gasteiger partial charge in [-0.05, 0) is 60.5 Å². The monoisotopic (exact) mass is 430 g/mol. The van der Waals surface area contributed by atoms with E-state index in [1.54, 1.807) is 6.08 Å². The van der Waals surface area contributed by atoms with Gasteiger partial charge in [0.05, 0.1) is 0 Å². The summed E-state index contributed by atoms with van der Waals surface area (Å²) in [6.07, 6.45) is 6.32. The third kappa shape index (κ3) is 3.73. The molecule has 1 aromatic rings. The van der Waals surface area contributed by atoms with E-state index in [-0.39, 0.29) is 28.7 Å². The zero-order chi connectivity index (χ0) is 21.6. The third-order valence-electron chi connectivity index (χ3n) is 8.53. The summed E-state index contributed by atoms with van der Waals surface area (Å²) in [5.41, 5.74) is 1.30. The highest BCUT2D eigenvalue weighted by Gasteiger charge is 2.61. The predicted molar refractivity (Wildman–Crippen MR) is 120 cm³/mol. The van der Waals surface area contributed by atoms with Crippen LogP contribution >= 0.6 is 0 Å². The number of benzene rings is 1. The lowest BCUT2D eigenvalue weighted by Crippen LogP contribution is -2.50. The second-order valence-electron chi connectivity index (χ2n) is 10.1. The highest BCUT2D eigenvalue weighted by atomic mass is 32.2. The summed E-state index contributed by atoms with van der Waals surface area (Å²) in [5.74, 6) is 0.707. The number of amides is 1. The van der Waals surface area contributed by atoms with Gasteiger partial charge in [0, 0.05) is 30.5 Å². The van der Waals surface area contributed by atoms with Crippen LogP contribution in [-0.2, 0) is 14.8 Å². The van der Waals surface area contributed by atoms with E-state index in [0.717, 1.165) is 12.0 Å². The molecule has 0 spiro atoms. The number of rotatable bonds is 5. The molecule has 3 aliphatic rings. The maximum absolute atomic E-state index is 13.0. The van der Waals surface area contributed by atoms with Gasteiger partial charge in [-0.2, -0.15) is 4.31 Å². The minimum Gasteiger partial charge on any atom is -0.353 e. The normalized spacial score (nSPS) is 32.0. The predicted octanol–water partition coefficient (Wildman–Crippen LogP) is 4.03.